The number of nitrogens with zero attached hydrogens (tertiary/aromatic N) is 3. The molecule has 2 aliphatic heterocycles. The van der Waals surface area contributed by atoms with Gasteiger partial charge in [0.05, 0.1) is 6.54 Å². The molecule has 2 N–H and O–H groups in total. The first kappa shape index (κ1) is 15.3. The molecule has 5 heteroatoms. The molecule has 2 fully saturated rings. The minimum atomic E-state index is 0.191. The summed E-state index contributed by atoms with van der Waals surface area (Å²) in [5.74, 6) is 0.793. The minimum Gasteiger partial charge on any atom is -0.360 e. The third-order valence-electron chi connectivity index (χ3n) is 5.07. The normalized spacial score (nSPS) is 26.8. The summed E-state index contributed by atoms with van der Waals surface area (Å²) in [6, 6.07) is 9.18. The Hall–Kier alpha value is -1.59. The van der Waals surface area contributed by atoms with Gasteiger partial charge in [-0.05, 0) is 43.6 Å². The van der Waals surface area contributed by atoms with E-state index in [1.165, 1.54) is 5.56 Å². The number of hydrogen-bond acceptors (Lipinski definition) is 4. The van der Waals surface area contributed by atoms with E-state index < -0.39 is 0 Å². The Bertz CT molecular complexity index is 530. The van der Waals surface area contributed by atoms with Gasteiger partial charge in [-0.25, -0.2) is 0 Å². The Kier molecular flexibility index (Phi) is 4.36. The first-order valence-corrected chi connectivity index (χ1v) is 8.07. The molecular weight excluding hydrogens is 276 g/mol. The summed E-state index contributed by atoms with van der Waals surface area (Å²) < 4.78 is 0. The van der Waals surface area contributed by atoms with Crippen LogP contribution in [0.2, 0.25) is 0 Å². The van der Waals surface area contributed by atoms with E-state index in [4.69, 9.17) is 5.73 Å². The van der Waals surface area contributed by atoms with Gasteiger partial charge in [0.25, 0.3) is 0 Å². The molecule has 0 saturated carbocycles. The number of likely N-dealkylation sites (tertiary alicyclic amines) is 1. The Morgan fingerprint density at radius 2 is 1.91 bits per heavy atom. The third kappa shape index (κ3) is 2.96. The van der Waals surface area contributed by atoms with E-state index in [1.807, 2.05) is 7.05 Å². The molecule has 3 rings (SSSR count). The van der Waals surface area contributed by atoms with Gasteiger partial charge in [-0.15, -0.1) is 0 Å². The minimum absolute atomic E-state index is 0.191. The Balaban J connectivity index is 1.69. The number of hydrogen-bond donors (Lipinski definition) is 1. The molecule has 0 bridgehead atoms. The van der Waals surface area contributed by atoms with Crippen molar-refractivity contribution in [3.05, 3.63) is 29.8 Å². The lowest BCUT2D eigenvalue weighted by Crippen LogP contribution is -2.48. The van der Waals surface area contributed by atoms with Crippen LogP contribution in [0.15, 0.2) is 24.3 Å². The maximum absolute atomic E-state index is 11.8. The van der Waals surface area contributed by atoms with E-state index in [9.17, 15) is 4.79 Å². The number of likely N-dealkylation sites (N-methyl/N-ethyl adjacent to an activating group) is 1. The predicted molar refractivity (Wildman–Crippen MR) is 88.8 cm³/mol. The molecule has 0 aliphatic carbocycles. The first-order chi connectivity index (χ1) is 10.6. The smallest absolute Gasteiger partial charge is 0.241 e. The molecule has 2 heterocycles. The van der Waals surface area contributed by atoms with E-state index >= 15 is 0 Å². The fourth-order valence-electron chi connectivity index (χ4n) is 3.55. The van der Waals surface area contributed by atoms with Gasteiger partial charge in [-0.1, -0.05) is 12.1 Å². The molecule has 1 aromatic rings. The number of anilines is 1. The largest absolute Gasteiger partial charge is 0.360 e. The zero-order chi connectivity index (χ0) is 15.7. The molecule has 1 amide bonds. The van der Waals surface area contributed by atoms with Crippen molar-refractivity contribution in [3.63, 3.8) is 0 Å². The number of nitrogens with two attached hydrogens (primary N) is 1. The van der Waals surface area contributed by atoms with Gasteiger partial charge in [0.2, 0.25) is 5.91 Å². The lowest BCUT2D eigenvalue weighted by molar-refractivity contribution is -0.129. The second-order valence-corrected chi connectivity index (χ2v) is 6.62. The zero-order valence-electron chi connectivity index (χ0n) is 13.5. The molecule has 22 heavy (non-hydrogen) atoms. The Morgan fingerprint density at radius 3 is 2.50 bits per heavy atom. The van der Waals surface area contributed by atoms with Crippen LogP contribution in [-0.2, 0) is 4.79 Å². The standard InChI is InChI=1S/C17H26N4O/c1-19-7-8-21(12-17(19)22)15-5-3-14(4-6-15)16-9-13(10-18)11-20(16)2/h3-6,13,16H,7-12,18H2,1-2H3. The van der Waals surface area contributed by atoms with Crippen LogP contribution < -0.4 is 10.6 Å². The quantitative estimate of drug-likeness (QED) is 0.902. The number of amides is 1. The topological polar surface area (TPSA) is 52.8 Å². The van der Waals surface area contributed by atoms with Gasteiger partial charge in [0.15, 0.2) is 0 Å². The summed E-state index contributed by atoms with van der Waals surface area (Å²) in [4.78, 5) is 18.2. The SMILES string of the molecule is CN1CCN(c2ccc(C3CC(CN)CN3C)cc2)CC1=O. The van der Waals surface area contributed by atoms with Crippen LogP contribution in [-0.4, -0.2) is 62.5 Å². The highest BCUT2D eigenvalue weighted by atomic mass is 16.2. The molecule has 5 nitrogen and oxygen atoms in total. The molecule has 2 atom stereocenters. The number of carbonyl (C=O) groups excluding carboxylic acids is 1. The van der Waals surface area contributed by atoms with Gasteiger partial charge in [-0.3, -0.25) is 9.69 Å². The van der Waals surface area contributed by atoms with E-state index in [2.05, 4.69) is 41.1 Å². The molecule has 2 unspecified atom stereocenters. The number of carbonyl (C=O) groups is 1. The number of piperazine rings is 1. The van der Waals surface area contributed by atoms with E-state index in [1.54, 1.807) is 4.90 Å². The van der Waals surface area contributed by atoms with Gasteiger partial charge in [0.1, 0.15) is 0 Å². The summed E-state index contributed by atoms with van der Waals surface area (Å²) in [7, 11) is 4.04. The van der Waals surface area contributed by atoms with Crippen LogP contribution in [0.3, 0.4) is 0 Å². The number of rotatable bonds is 3. The molecule has 2 saturated heterocycles. The first-order valence-electron chi connectivity index (χ1n) is 8.07. The van der Waals surface area contributed by atoms with Crippen molar-refractivity contribution in [3.8, 4) is 0 Å². The van der Waals surface area contributed by atoms with Gasteiger partial charge in [0, 0.05) is 38.4 Å². The predicted octanol–water partition coefficient (Wildman–Crippen LogP) is 0.916. The summed E-state index contributed by atoms with van der Waals surface area (Å²) in [6.45, 7) is 4.02. The molecule has 0 aromatic heterocycles. The maximum atomic E-state index is 11.8. The Labute approximate surface area is 132 Å². The van der Waals surface area contributed by atoms with Crippen molar-refractivity contribution >= 4 is 11.6 Å². The second kappa shape index (κ2) is 6.26. The fourth-order valence-corrected chi connectivity index (χ4v) is 3.55. The molecule has 0 spiro atoms. The molecule has 120 valence electrons. The second-order valence-electron chi connectivity index (χ2n) is 6.62. The summed E-state index contributed by atoms with van der Waals surface area (Å²) in [5.41, 5.74) is 8.30. The monoisotopic (exact) mass is 302 g/mol. The average molecular weight is 302 g/mol. The number of benzene rings is 1. The van der Waals surface area contributed by atoms with Crippen LogP contribution in [0.25, 0.3) is 0 Å². The van der Waals surface area contributed by atoms with Crippen molar-refractivity contribution < 1.29 is 4.79 Å². The third-order valence-corrected chi connectivity index (χ3v) is 5.07. The average Bonchev–Trinajstić information content (AvgIpc) is 2.91. The molecule has 2 aliphatic rings. The zero-order valence-corrected chi connectivity index (χ0v) is 13.5. The molecule has 1 aromatic carbocycles. The van der Waals surface area contributed by atoms with Crippen LogP contribution >= 0.6 is 0 Å². The summed E-state index contributed by atoms with van der Waals surface area (Å²) >= 11 is 0. The van der Waals surface area contributed by atoms with Crippen molar-refractivity contribution in [2.75, 3.05) is 51.7 Å². The van der Waals surface area contributed by atoms with E-state index in [0.29, 0.717) is 18.5 Å². The van der Waals surface area contributed by atoms with Crippen molar-refractivity contribution in [2.45, 2.75) is 12.5 Å². The fraction of sp³-hybridized carbons (Fsp3) is 0.588. The van der Waals surface area contributed by atoms with Crippen molar-refractivity contribution in [2.24, 2.45) is 11.7 Å². The lowest BCUT2D eigenvalue weighted by Gasteiger charge is -2.33. The summed E-state index contributed by atoms with van der Waals surface area (Å²) in [5, 5.41) is 0. The highest BCUT2D eigenvalue weighted by Crippen LogP contribution is 2.34. The van der Waals surface area contributed by atoms with E-state index in [-0.39, 0.29) is 5.91 Å². The highest BCUT2D eigenvalue weighted by molar-refractivity contribution is 5.82. The van der Waals surface area contributed by atoms with Crippen LogP contribution in [0.4, 0.5) is 5.69 Å². The van der Waals surface area contributed by atoms with Gasteiger partial charge in [-0.2, -0.15) is 0 Å². The Morgan fingerprint density at radius 1 is 1.18 bits per heavy atom. The molecule has 0 radical (unpaired) electrons. The van der Waals surface area contributed by atoms with Gasteiger partial charge < -0.3 is 15.5 Å². The highest BCUT2D eigenvalue weighted by Gasteiger charge is 2.29. The maximum Gasteiger partial charge on any atom is 0.241 e. The van der Waals surface area contributed by atoms with Crippen LogP contribution in [0, 0.1) is 5.92 Å². The summed E-state index contributed by atoms with van der Waals surface area (Å²) in [6.07, 6.45) is 1.14. The lowest BCUT2D eigenvalue weighted by atomic mass is 9.99. The van der Waals surface area contributed by atoms with Crippen molar-refractivity contribution in [1.82, 2.24) is 9.80 Å². The van der Waals surface area contributed by atoms with Crippen molar-refractivity contribution in [1.29, 1.82) is 0 Å². The van der Waals surface area contributed by atoms with Crippen LogP contribution in [0.5, 0.6) is 0 Å². The van der Waals surface area contributed by atoms with Gasteiger partial charge >= 0.3 is 0 Å². The van der Waals surface area contributed by atoms with Crippen LogP contribution in [0.1, 0.15) is 18.0 Å². The van der Waals surface area contributed by atoms with E-state index in [0.717, 1.165) is 38.3 Å². The molecular formula is C17H26N4O.